The molecule has 0 atom stereocenters. The predicted octanol–water partition coefficient (Wildman–Crippen LogP) is 2.72. The zero-order chi connectivity index (χ0) is 13.6. The minimum atomic E-state index is 0.454. The Kier molecular flexibility index (Phi) is 7.09. The van der Waals surface area contributed by atoms with Gasteiger partial charge in [-0.1, -0.05) is 0 Å². The van der Waals surface area contributed by atoms with E-state index in [0.29, 0.717) is 24.2 Å². The lowest BCUT2D eigenvalue weighted by Gasteiger charge is -2.11. The average Bonchev–Trinajstić information content (AvgIpc) is 2.14. The Hall–Kier alpha value is -0.860. The molecule has 0 aliphatic rings. The minimum absolute atomic E-state index is 0.454. The summed E-state index contributed by atoms with van der Waals surface area (Å²) in [6.07, 6.45) is 3.65. The molecule has 0 bridgehead atoms. The average molecular weight is 242 g/mol. The van der Waals surface area contributed by atoms with Crippen LogP contribution < -0.4 is 0 Å². The lowest BCUT2D eigenvalue weighted by atomic mass is 10.3. The van der Waals surface area contributed by atoms with Crippen molar-refractivity contribution >= 4 is 12.8 Å². The number of hydrogen-bond acceptors (Lipinski definition) is 1. The van der Waals surface area contributed by atoms with Gasteiger partial charge in [0.15, 0.2) is 24.2 Å². The van der Waals surface area contributed by atoms with E-state index in [1.807, 2.05) is 12.8 Å². The van der Waals surface area contributed by atoms with Gasteiger partial charge in [0.25, 0.3) is 0 Å². The standard InChI is InChI=1S/C14H30N2O/c1-11(2)15(12(3)4)9-17-10-16(13(5)6)14(7)8/h9-14H,1-8H3/q+2. The van der Waals surface area contributed by atoms with E-state index in [2.05, 4.69) is 64.5 Å². The Balaban J connectivity index is 4.73. The van der Waals surface area contributed by atoms with Gasteiger partial charge in [0.05, 0.1) is 0 Å². The van der Waals surface area contributed by atoms with Gasteiger partial charge in [-0.2, -0.15) is 0 Å². The van der Waals surface area contributed by atoms with Gasteiger partial charge in [0.2, 0.25) is 0 Å². The normalized spacial score (nSPS) is 11.3. The van der Waals surface area contributed by atoms with Crippen LogP contribution in [0.4, 0.5) is 0 Å². The number of ether oxygens (including phenoxy) is 1. The molecule has 0 radical (unpaired) electrons. The monoisotopic (exact) mass is 242 g/mol. The van der Waals surface area contributed by atoms with Crippen molar-refractivity contribution in [3.63, 3.8) is 0 Å². The second-order valence-electron chi connectivity index (χ2n) is 5.62. The van der Waals surface area contributed by atoms with E-state index in [1.165, 1.54) is 0 Å². The maximum absolute atomic E-state index is 5.60. The smallest absolute Gasteiger partial charge is 0.333 e. The highest BCUT2D eigenvalue weighted by molar-refractivity contribution is 5.57. The van der Waals surface area contributed by atoms with Crippen LogP contribution in [-0.2, 0) is 4.74 Å². The number of hydrogen-bond donors (Lipinski definition) is 0. The van der Waals surface area contributed by atoms with Crippen LogP contribution >= 0.6 is 0 Å². The quantitative estimate of drug-likeness (QED) is 0.397. The van der Waals surface area contributed by atoms with Gasteiger partial charge in [-0.15, -0.1) is 0 Å². The number of rotatable bonds is 6. The molecule has 0 unspecified atom stereocenters. The predicted molar refractivity (Wildman–Crippen MR) is 74.3 cm³/mol. The maximum atomic E-state index is 5.60. The van der Waals surface area contributed by atoms with E-state index in [4.69, 9.17) is 4.74 Å². The fourth-order valence-electron chi connectivity index (χ4n) is 1.85. The molecule has 0 heterocycles. The van der Waals surface area contributed by atoms with E-state index in [9.17, 15) is 0 Å². The van der Waals surface area contributed by atoms with Crippen molar-refractivity contribution in [3.8, 4) is 0 Å². The summed E-state index contributed by atoms with van der Waals surface area (Å²) < 4.78 is 10.0. The Labute approximate surface area is 107 Å². The zero-order valence-electron chi connectivity index (χ0n) is 12.8. The van der Waals surface area contributed by atoms with E-state index in [0.717, 1.165) is 0 Å². The third kappa shape index (κ3) is 5.85. The second kappa shape index (κ2) is 7.46. The first-order valence-electron chi connectivity index (χ1n) is 6.64. The van der Waals surface area contributed by atoms with Crippen molar-refractivity contribution in [2.45, 2.75) is 79.6 Å². The molecule has 0 fully saturated rings. The van der Waals surface area contributed by atoms with Crippen LogP contribution in [0.15, 0.2) is 0 Å². The van der Waals surface area contributed by atoms with Gasteiger partial charge in [0, 0.05) is 0 Å². The molecule has 3 nitrogen and oxygen atoms in total. The number of nitrogens with zero attached hydrogens (tertiary/aromatic N) is 2. The first-order chi connectivity index (χ1) is 7.77. The topological polar surface area (TPSA) is 15.2 Å². The van der Waals surface area contributed by atoms with Gasteiger partial charge < -0.3 is 4.74 Å². The lowest BCUT2D eigenvalue weighted by Crippen LogP contribution is -2.31. The summed E-state index contributed by atoms with van der Waals surface area (Å²) in [6.45, 7) is 17.4. The largest absolute Gasteiger partial charge is 0.361 e. The highest BCUT2D eigenvalue weighted by Gasteiger charge is 2.16. The molecule has 0 spiro atoms. The molecule has 0 aromatic heterocycles. The molecule has 0 aromatic rings. The fraction of sp³-hybridized carbons (Fsp3) is 0.857. The van der Waals surface area contributed by atoms with Crippen molar-refractivity contribution in [2.75, 3.05) is 0 Å². The minimum Gasteiger partial charge on any atom is -0.361 e. The molecule has 100 valence electrons. The van der Waals surface area contributed by atoms with E-state index in [-0.39, 0.29) is 0 Å². The van der Waals surface area contributed by atoms with E-state index in [1.54, 1.807) is 0 Å². The van der Waals surface area contributed by atoms with Crippen LogP contribution in [0.2, 0.25) is 0 Å². The van der Waals surface area contributed by atoms with Gasteiger partial charge in [-0.05, 0) is 55.4 Å². The molecule has 0 N–H and O–H groups in total. The van der Waals surface area contributed by atoms with Gasteiger partial charge in [-0.3, -0.25) is 0 Å². The third-order valence-electron chi connectivity index (χ3n) is 2.75. The molecular formula is C14H30N2O+2. The van der Waals surface area contributed by atoms with Gasteiger partial charge in [0.1, 0.15) is 0 Å². The molecule has 3 heteroatoms. The van der Waals surface area contributed by atoms with Crippen LogP contribution in [0.3, 0.4) is 0 Å². The first kappa shape index (κ1) is 16.1. The van der Waals surface area contributed by atoms with Crippen molar-refractivity contribution in [2.24, 2.45) is 0 Å². The molecule has 0 saturated heterocycles. The van der Waals surface area contributed by atoms with Gasteiger partial charge >= 0.3 is 12.8 Å². The molecule has 0 amide bonds. The summed E-state index contributed by atoms with van der Waals surface area (Å²) >= 11 is 0. The molecule has 0 aromatic carbocycles. The summed E-state index contributed by atoms with van der Waals surface area (Å²) in [4.78, 5) is 0. The summed E-state index contributed by atoms with van der Waals surface area (Å²) in [5, 5.41) is 0. The lowest BCUT2D eigenvalue weighted by molar-refractivity contribution is -0.597. The summed E-state index contributed by atoms with van der Waals surface area (Å²) in [5.74, 6) is 0. The van der Waals surface area contributed by atoms with Crippen molar-refractivity contribution in [3.05, 3.63) is 0 Å². The van der Waals surface area contributed by atoms with E-state index < -0.39 is 0 Å². The van der Waals surface area contributed by atoms with E-state index >= 15 is 0 Å². The van der Waals surface area contributed by atoms with Crippen molar-refractivity contribution < 1.29 is 13.9 Å². The van der Waals surface area contributed by atoms with Crippen LogP contribution in [0.1, 0.15) is 55.4 Å². The second-order valence-corrected chi connectivity index (χ2v) is 5.62. The van der Waals surface area contributed by atoms with Crippen molar-refractivity contribution in [1.82, 2.24) is 0 Å². The SMILES string of the molecule is CC(C)[N+](=COC=[N+](C(C)C)C(C)C)C(C)C. The van der Waals surface area contributed by atoms with Crippen LogP contribution in [-0.4, -0.2) is 46.1 Å². The molecule has 0 aliphatic heterocycles. The summed E-state index contributed by atoms with van der Waals surface area (Å²) in [7, 11) is 0. The first-order valence-corrected chi connectivity index (χ1v) is 6.64. The maximum Gasteiger partial charge on any atom is 0.333 e. The summed E-state index contributed by atoms with van der Waals surface area (Å²) in [6, 6.07) is 1.81. The molecular weight excluding hydrogens is 212 g/mol. The Morgan fingerprint density at radius 1 is 0.588 bits per heavy atom. The Morgan fingerprint density at radius 3 is 1.00 bits per heavy atom. The fourth-order valence-corrected chi connectivity index (χ4v) is 1.85. The molecule has 0 aliphatic carbocycles. The zero-order valence-corrected chi connectivity index (χ0v) is 12.8. The molecule has 17 heavy (non-hydrogen) atoms. The van der Waals surface area contributed by atoms with Crippen LogP contribution in [0.25, 0.3) is 0 Å². The van der Waals surface area contributed by atoms with Gasteiger partial charge in [-0.25, -0.2) is 9.15 Å². The van der Waals surface area contributed by atoms with Crippen LogP contribution in [0, 0.1) is 0 Å². The third-order valence-corrected chi connectivity index (χ3v) is 2.75. The Bertz CT molecular complexity index is 228. The van der Waals surface area contributed by atoms with Crippen LogP contribution in [0.5, 0.6) is 0 Å². The highest BCUT2D eigenvalue weighted by atomic mass is 16.5. The van der Waals surface area contributed by atoms with Crippen molar-refractivity contribution in [1.29, 1.82) is 0 Å². The molecule has 0 rings (SSSR count). The highest BCUT2D eigenvalue weighted by Crippen LogP contribution is 1.97. The molecule has 0 saturated carbocycles. The summed E-state index contributed by atoms with van der Waals surface area (Å²) in [5.41, 5.74) is 0. The Morgan fingerprint density at radius 2 is 0.824 bits per heavy atom.